The smallest absolute Gasteiger partial charge is 0.433 e. The van der Waals surface area contributed by atoms with E-state index in [-0.39, 0.29) is 10.5 Å². The average Bonchev–Trinajstić information content (AvgIpc) is 2.69. The molecule has 1 saturated heterocycles. The zero-order valence-electron chi connectivity index (χ0n) is 18.4. The third-order valence-corrected chi connectivity index (χ3v) is 5.54. The Morgan fingerprint density at radius 2 is 1.79 bits per heavy atom. The monoisotopic (exact) mass is 506 g/mol. The lowest BCUT2D eigenvalue weighted by molar-refractivity contribution is -0.201. The lowest BCUT2D eigenvalue weighted by Gasteiger charge is -2.43. The van der Waals surface area contributed by atoms with E-state index in [1.165, 1.54) is 13.0 Å². The van der Waals surface area contributed by atoms with Crippen LogP contribution in [0.3, 0.4) is 0 Å². The molecular formula is C19H21F3N4O7S. The van der Waals surface area contributed by atoms with E-state index in [9.17, 15) is 27.6 Å². The fourth-order valence-corrected chi connectivity index (χ4v) is 4.39. The number of aromatic nitrogens is 1. The Hall–Kier alpha value is -3.03. The first-order valence-corrected chi connectivity index (χ1v) is 10.6. The topological polar surface area (TPSA) is 150 Å². The van der Waals surface area contributed by atoms with Crippen LogP contribution >= 0.6 is 11.8 Å². The van der Waals surface area contributed by atoms with E-state index >= 15 is 0 Å². The summed E-state index contributed by atoms with van der Waals surface area (Å²) in [6.07, 6.45) is -7.42. The van der Waals surface area contributed by atoms with Crippen molar-refractivity contribution in [3.63, 3.8) is 0 Å². The van der Waals surface area contributed by atoms with E-state index < -0.39 is 66.2 Å². The molecular weight excluding hydrogens is 485 g/mol. The van der Waals surface area contributed by atoms with Crippen molar-refractivity contribution in [1.82, 2.24) is 4.98 Å². The lowest BCUT2D eigenvalue weighted by atomic mass is 9.97. The van der Waals surface area contributed by atoms with Gasteiger partial charge in [0.15, 0.2) is 0 Å². The number of thioether (sulfide) groups is 1. The zero-order valence-corrected chi connectivity index (χ0v) is 19.3. The highest BCUT2D eigenvalue weighted by molar-refractivity contribution is 7.99. The third-order valence-electron chi connectivity index (χ3n) is 4.43. The fourth-order valence-electron chi connectivity index (χ4n) is 3.21. The molecule has 1 aliphatic rings. The van der Waals surface area contributed by atoms with Crippen LogP contribution in [0.5, 0.6) is 0 Å². The lowest BCUT2D eigenvalue weighted by Crippen LogP contribution is -2.59. The molecule has 1 aliphatic heterocycles. The second-order valence-corrected chi connectivity index (χ2v) is 8.31. The van der Waals surface area contributed by atoms with E-state index in [0.717, 1.165) is 38.7 Å². The number of pyridine rings is 1. The Bertz CT molecular complexity index is 987. The number of halogens is 3. The van der Waals surface area contributed by atoms with E-state index in [2.05, 4.69) is 15.0 Å². The van der Waals surface area contributed by atoms with Gasteiger partial charge in [-0.15, -0.1) is 0 Å². The van der Waals surface area contributed by atoms with Crippen molar-refractivity contribution in [1.29, 1.82) is 0 Å². The predicted octanol–water partition coefficient (Wildman–Crippen LogP) is 3.33. The number of ether oxygens (including phenoxy) is 4. The fraction of sp³-hybridized carbons (Fsp3) is 0.579. The molecule has 1 aromatic heterocycles. The highest BCUT2D eigenvalue weighted by atomic mass is 32.2. The van der Waals surface area contributed by atoms with Crippen LogP contribution < -0.4 is 0 Å². The minimum atomic E-state index is -4.64. The second kappa shape index (κ2) is 11.4. The molecule has 2 rings (SSSR count). The van der Waals surface area contributed by atoms with Gasteiger partial charge in [0.2, 0.25) is 0 Å². The van der Waals surface area contributed by atoms with Crippen molar-refractivity contribution in [2.75, 3.05) is 6.61 Å². The summed E-state index contributed by atoms with van der Waals surface area (Å²) in [6.45, 7) is 4.14. The number of rotatable bonds is 7. The van der Waals surface area contributed by atoms with E-state index in [0.29, 0.717) is 0 Å². The molecule has 186 valence electrons. The van der Waals surface area contributed by atoms with Crippen molar-refractivity contribution in [3.8, 4) is 0 Å². The molecule has 1 aromatic rings. The van der Waals surface area contributed by atoms with Crippen LogP contribution in [-0.4, -0.2) is 59.3 Å². The first-order valence-electron chi connectivity index (χ1n) is 9.71. The van der Waals surface area contributed by atoms with Crippen LogP contribution in [0.4, 0.5) is 13.2 Å². The van der Waals surface area contributed by atoms with Crippen LogP contribution in [0, 0.1) is 6.92 Å². The predicted molar refractivity (Wildman–Crippen MR) is 109 cm³/mol. The average molecular weight is 506 g/mol. The molecule has 34 heavy (non-hydrogen) atoms. The molecule has 5 atom stereocenters. The largest absolute Gasteiger partial charge is 0.463 e. The molecule has 0 aromatic carbocycles. The first-order chi connectivity index (χ1) is 15.8. The molecule has 2 heterocycles. The van der Waals surface area contributed by atoms with Gasteiger partial charge in [0.1, 0.15) is 42.1 Å². The molecule has 0 saturated carbocycles. The Balaban J connectivity index is 2.46. The third kappa shape index (κ3) is 7.23. The Morgan fingerprint density at radius 3 is 2.29 bits per heavy atom. The normalized spacial score (nSPS) is 24.5. The summed E-state index contributed by atoms with van der Waals surface area (Å²) < 4.78 is 60.5. The maximum atomic E-state index is 13.0. The van der Waals surface area contributed by atoms with Gasteiger partial charge >= 0.3 is 24.1 Å². The first kappa shape index (κ1) is 27.2. The van der Waals surface area contributed by atoms with Crippen LogP contribution in [0.2, 0.25) is 0 Å². The molecule has 15 heteroatoms. The summed E-state index contributed by atoms with van der Waals surface area (Å²) in [4.78, 5) is 41.2. The Kier molecular flexibility index (Phi) is 9.13. The van der Waals surface area contributed by atoms with Crippen LogP contribution in [-0.2, 0) is 39.5 Å². The Morgan fingerprint density at radius 1 is 1.18 bits per heavy atom. The molecule has 0 aliphatic carbocycles. The van der Waals surface area contributed by atoms with Crippen LogP contribution in [0.1, 0.15) is 32.0 Å². The molecule has 0 spiro atoms. The van der Waals surface area contributed by atoms with Gasteiger partial charge in [-0.05, 0) is 24.1 Å². The maximum absolute atomic E-state index is 13.0. The standard InChI is InChI=1S/C19H21F3N4O7S/c1-8-5-12(6-24-17(8)19(20,21)22)34-18-16(32-11(4)29)14(25-26-23)15(31-10(3)28)13(33-18)7-30-9(2)27/h5-6,13-16,18H,7H2,1-4H3/t13?,14?,15-,16-,18+/m0/s1. The van der Waals surface area contributed by atoms with Crippen molar-refractivity contribution in [2.45, 2.75) is 68.6 Å². The molecule has 0 bridgehead atoms. The molecule has 0 N–H and O–H groups in total. The molecule has 1 fully saturated rings. The van der Waals surface area contributed by atoms with Gasteiger partial charge < -0.3 is 18.9 Å². The van der Waals surface area contributed by atoms with Gasteiger partial charge in [-0.1, -0.05) is 16.9 Å². The van der Waals surface area contributed by atoms with Gasteiger partial charge in [0.05, 0.1) is 0 Å². The quantitative estimate of drug-likeness (QED) is 0.178. The molecule has 11 nitrogen and oxygen atoms in total. The van der Waals surface area contributed by atoms with Crippen molar-refractivity contribution in [2.24, 2.45) is 5.11 Å². The number of alkyl halides is 3. The number of esters is 3. The number of carbonyl (C=O) groups excluding carboxylic acids is 3. The summed E-state index contributed by atoms with van der Waals surface area (Å²) >= 11 is 0.843. The van der Waals surface area contributed by atoms with Gasteiger partial charge in [-0.3, -0.25) is 19.4 Å². The zero-order chi connectivity index (χ0) is 25.6. The van der Waals surface area contributed by atoms with Crippen molar-refractivity contribution in [3.05, 3.63) is 34.0 Å². The second-order valence-electron chi connectivity index (χ2n) is 7.14. The number of carbonyl (C=O) groups is 3. The van der Waals surface area contributed by atoms with Gasteiger partial charge in [0, 0.05) is 36.8 Å². The Labute approximate surface area is 195 Å². The summed E-state index contributed by atoms with van der Waals surface area (Å²) in [7, 11) is 0. The van der Waals surface area contributed by atoms with Gasteiger partial charge in [-0.25, -0.2) is 0 Å². The number of azide groups is 1. The molecule has 0 amide bonds. The number of hydrogen-bond donors (Lipinski definition) is 0. The molecule has 2 unspecified atom stereocenters. The van der Waals surface area contributed by atoms with Gasteiger partial charge in [-0.2, -0.15) is 13.2 Å². The van der Waals surface area contributed by atoms with Crippen molar-refractivity contribution >= 4 is 29.7 Å². The maximum Gasteiger partial charge on any atom is 0.433 e. The minimum Gasteiger partial charge on any atom is -0.463 e. The minimum absolute atomic E-state index is 0.154. The van der Waals surface area contributed by atoms with E-state index in [4.69, 9.17) is 24.5 Å². The van der Waals surface area contributed by atoms with Crippen LogP contribution in [0.25, 0.3) is 10.4 Å². The van der Waals surface area contributed by atoms with E-state index in [1.807, 2.05) is 0 Å². The van der Waals surface area contributed by atoms with Gasteiger partial charge in [0.25, 0.3) is 0 Å². The molecule has 0 radical (unpaired) electrons. The van der Waals surface area contributed by atoms with Crippen molar-refractivity contribution < 1.29 is 46.5 Å². The van der Waals surface area contributed by atoms with Crippen LogP contribution in [0.15, 0.2) is 22.3 Å². The summed E-state index contributed by atoms with van der Waals surface area (Å²) in [6, 6.07) is -0.0793. The number of aryl methyl sites for hydroxylation is 1. The SMILES string of the molecule is CC(=O)OCC1O[C@H](Sc2cnc(C(F)(F)F)c(C)c2)[C@@H](OC(C)=O)C(N=[N+]=[N-])[C@H]1OC(C)=O. The summed E-state index contributed by atoms with van der Waals surface area (Å²) in [5.41, 5.74) is 6.71. The highest BCUT2D eigenvalue weighted by Crippen LogP contribution is 2.39. The van der Waals surface area contributed by atoms with E-state index in [1.54, 1.807) is 0 Å². The number of nitrogens with zero attached hydrogens (tertiary/aromatic N) is 4. The summed E-state index contributed by atoms with van der Waals surface area (Å²) in [5.74, 6) is -2.21. The summed E-state index contributed by atoms with van der Waals surface area (Å²) in [5, 5.41) is 3.61. The number of hydrogen-bond acceptors (Lipinski definition) is 10. The highest BCUT2D eigenvalue weighted by Gasteiger charge is 2.50.